The van der Waals surface area contributed by atoms with Crippen LogP contribution in [0.2, 0.25) is 0 Å². The molecule has 1 saturated heterocycles. The van der Waals surface area contributed by atoms with Crippen LogP contribution in [0.3, 0.4) is 0 Å². The topological polar surface area (TPSA) is 99.0 Å². The molecule has 2 amide bonds. The second kappa shape index (κ2) is 10.3. The van der Waals surface area contributed by atoms with Gasteiger partial charge >= 0.3 is 0 Å². The quantitative estimate of drug-likeness (QED) is 0.519. The van der Waals surface area contributed by atoms with Crippen LogP contribution in [0.1, 0.15) is 30.3 Å². The SMILES string of the molecule is CCOCC(=O)Nc1ccc2oc(C(=O)Nc3ccccc3OCC3CCCO3)cc2c1. The predicted molar refractivity (Wildman–Crippen MR) is 120 cm³/mol. The van der Waals surface area contributed by atoms with Crippen LogP contribution in [0.15, 0.2) is 52.9 Å². The van der Waals surface area contributed by atoms with E-state index in [1.165, 1.54) is 0 Å². The predicted octanol–water partition coefficient (Wildman–Crippen LogP) is 4.22. The third-order valence-electron chi connectivity index (χ3n) is 5.05. The van der Waals surface area contributed by atoms with Gasteiger partial charge in [-0.3, -0.25) is 9.59 Å². The van der Waals surface area contributed by atoms with Crippen molar-refractivity contribution in [3.63, 3.8) is 0 Å². The maximum absolute atomic E-state index is 12.8. The molecule has 1 fully saturated rings. The lowest BCUT2D eigenvalue weighted by atomic mass is 10.2. The molecule has 8 nitrogen and oxygen atoms in total. The van der Waals surface area contributed by atoms with Gasteiger partial charge in [0.25, 0.3) is 5.91 Å². The van der Waals surface area contributed by atoms with E-state index in [-0.39, 0.29) is 24.4 Å². The van der Waals surface area contributed by atoms with E-state index in [9.17, 15) is 9.59 Å². The van der Waals surface area contributed by atoms with Crippen molar-refractivity contribution in [1.29, 1.82) is 0 Å². The molecule has 0 saturated carbocycles. The molecular weight excluding hydrogens is 412 g/mol. The summed E-state index contributed by atoms with van der Waals surface area (Å²) in [4.78, 5) is 24.7. The number of para-hydroxylation sites is 2. The Morgan fingerprint density at radius 3 is 2.81 bits per heavy atom. The molecule has 1 atom stereocenters. The smallest absolute Gasteiger partial charge is 0.291 e. The number of benzene rings is 2. The van der Waals surface area contributed by atoms with Gasteiger partial charge in [-0.25, -0.2) is 0 Å². The van der Waals surface area contributed by atoms with E-state index in [0.29, 0.717) is 41.3 Å². The van der Waals surface area contributed by atoms with Gasteiger partial charge in [-0.15, -0.1) is 0 Å². The molecule has 1 aromatic heterocycles. The average Bonchev–Trinajstić information content (AvgIpc) is 3.46. The van der Waals surface area contributed by atoms with E-state index in [2.05, 4.69) is 10.6 Å². The Kier molecular flexibility index (Phi) is 7.03. The van der Waals surface area contributed by atoms with Crippen LogP contribution in [0, 0.1) is 0 Å². The van der Waals surface area contributed by atoms with E-state index in [4.69, 9.17) is 18.6 Å². The summed E-state index contributed by atoms with van der Waals surface area (Å²) in [7, 11) is 0. The standard InChI is InChI=1S/C24H26N2O6/c1-2-29-15-23(27)25-17-9-10-20-16(12-17)13-22(32-20)24(28)26-19-7-3-4-8-21(19)31-14-18-6-5-11-30-18/h3-4,7-10,12-13,18H,2,5-6,11,14-15H2,1H3,(H,25,27)(H,26,28). The lowest BCUT2D eigenvalue weighted by Crippen LogP contribution is -2.18. The van der Waals surface area contributed by atoms with Crippen LogP contribution in [-0.2, 0) is 14.3 Å². The van der Waals surface area contributed by atoms with Crippen molar-refractivity contribution in [2.24, 2.45) is 0 Å². The Balaban J connectivity index is 1.43. The van der Waals surface area contributed by atoms with E-state index in [1.807, 2.05) is 19.1 Å². The Labute approximate surface area is 185 Å². The third kappa shape index (κ3) is 5.46. The Bertz CT molecular complexity index is 1090. The molecule has 2 aromatic carbocycles. The van der Waals surface area contributed by atoms with Gasteiger partial charge in [-0.1, -0.05) is 12.1 Å². The number of carbonyl (C=O) groups is 2. The number of furan rings is 1. The first-order valence-electron chi connectivity index (χ1n) is 10.7. The summed E-state index contributed by atoms with van der Waals surface area (Å²) in [6.07, 6.45) is 2.09. The minimum absolute atomic E-state index is 0.0120. The fourth-order valence-corrected chi connectivity index (χ4v) is 3.46. The van der Waals surface area contributed by atoms with Gasteiger partial charge < -0.3 is 29.3 Å². The average molecular weight is 438 g/mol. The summed E-state index contributed by atoms with van der Waals surface area (Å²) < 4.78 is 22.3. The molecule has 168 valence electrons. The van der Waals surface area contributed by atoms with Crippen LogP contribution in [0.4, 0.5) is 11.4 Å². The number of ether oxygens (including phenoxy) is 3. The Hall–Kier alpha value is -3.36. The monoisotopic (exact) mass is 438 g/mol. The van der Waals surface area contributed by atoms with Gasteiger partial charge in [-0.05, 0) is 56.2 Å². The summed E-state index contributed by atoms with van der Waals surface area (Å²) in [6, 6.07) is 14.1. The van der Waals surface area contributed by atoms with Crippen molar-refractivity contribution in [3.05, 3.63) is 54.3 Å². The van der Waals surface area contributed by atoms with Gasteiger partial charge in [0.1, 0.15) is 24.5 Å². The molecule has 0 radical (unpaired) electrons. The molecule has 3 aromatic rings. The molecule has 1 unspecified atom stereocenters. The Morgan fingerprint density at radius 1 is 1.12 bits per heavy atom. The van der Waals surface area contributed by atoms with Gasteiger partial charge in [0.15, 0.2) is 5.76 Å². The fraction of sp³-hybridized carbons (Fsp3) is 0.333. The van der Waals surface area contributed by atoms with E-state index in [0.717, 1.165) is 19.4 Å². The maximum atomic E-state index is 12.8. The third-order valence-corrected chi connectivity index (χ3v) is 5.05. The fourth-order valence-electron chi connectivity index (χ4n) is 3.46. The molecule has 0 bridgehead atoms. The molecular formula is C24H26N2O6. The summed E-state index contributed by atoms with van der Waals surface area (Å²) in [5.41, 5.74) is 1.70. The summed E-state index contributed by atoms with van der Waals surface area (Å²) in [6.45, 7) is 3.48. The highest BCUT2D eigenvalue weighted by Crippen LogP contribution is 2.27. The normalized spacial score (nSPS) is 15.6. The van der Waals surface area contributed by atoms with Gasteiger partial charge in [0.2, 0.25) is 5.91 Å². The molecule has 32 heavy (non-hydrogen) atoms. The van der Waals surface area contributed by atoms with Crippen LogP contribution in [0.5, 0.6) is 5.75 Å². The number of hydrogen-bond donors (Lipinski definition) is 2. The lowest BCUT2D eigenvalue weighted by molar-refractivity contribution is -0.120. The summed E-state index contributed by atoms with van der Waals surface area (Å²) in [5, 5.41) is 6.31. The molecule has 1 aliphatic heterocycles. The van der Waals surface area contributed by atoms with E-state index < -0.39 is 5.91 Å². The molecule has 1 aliphatic rings. The first kappa shape index (κ1) is 21.9. The van der Waals surface area contributed by atoms with Gasteiger partial charge in [-0.2, -0.15) is 0 Å². The molecule has 4 rings (SSSR count). The van der Waals surface area contributed by atoms with Gasteiger partial charge in [0.05, 0.1) is 11.8 Å². The molecule has 8 heteroatoms. The number of nitrogens with one attached hydrogen (secondary N) is 2. The minimum Gasteiger partial charge on any atom is -0.489 e. The minimum atomic E-state index is -0.392. The molecule has 2 heterocycles. The molecule has 0 aliphatic carbocycles. The van der Waals surface area contributed by atoms with E-state index >= 15 is 0 Å². The van der Waals surface area contributed by atoms with Crippen molar-refractivity contribution in [2.45, 2.75) is 25.9 Å². The van der Waals surface area contributed by atoms with E-state index in [1.54, 1.807) is 36.4 Å². The van der Waals surface area contributed by atoms with Crippen LogP contribution < -0.4 is 15.4 Å². The maximum Gasteiger partial charge on any atom is 0.291 e. The first-order valence-corrected chi connectivity index (χ1v) is 10.7. The van der Waals surface area contributed by atoms with Crippen LogP contribution in [-0.4, -0.2) is 44.3 Å². The van der Waals surface area contributed by atoms with Gasteiger partial charge in [0, 0.05) is 24.3 Å². The Morgan fingerprint density at radius 2 is 2.00 bits per heavy atom. The zero-order valence-corrected chi connectivity index (χ0v) is 17.9. The highest BCUT2D eigenvalue weighted by molar-refractivity contribution is 6.05. The van der Waals surface area contributed by atoms with Crippen LogP contribution in [0.25, 0.3) is 11.0 Å². The highest BCUT2D eigenvalue weighted by Gasteiger charge is 2.18. The molecule has 0 spiro atoms. The summed E-state index contributed by atoms with van der Waals surface area (Å²) >= 11 is 0. The largest absolute Gasteiger partial charge is 0.489 e. The second-order valence-corrected chi connectivity index (χ2v) is 7.44. The van der Waals surface area contributed by atoms with Crippen molar-refractivity contribution >= 4 is 34.2 Å². The second-order valence-electron chi connectivity index (χ2n) is 7.44. The van der Waals surface area contributed by atoms with Crippen molar-refractivity contribution in [1.82, 2.24) is 0 Å². The van der Waals surface area contributed by atoms with Crippen molar-refractivity contribution < 1.29 is 28.2 Å². The number of rotatable bonds is 9. The van der Waals surface area contributed by atoms with Crippen molar-refractivity contribution in [2.75, 3.05) is 37.1 Å². The summed E-state index contributed by atoms with van der Waals surface area (Å²) in [5.74, 6) is 0.0991. The highest BCUT2D eigenvalue weighted by atomic mass is 16.5. The molecule has 2 N–H and O–H groups in total. The number of carbonyl (C=O) groups excluding carboxylic acids is 2. The number of amides is 2. The number of fused-ring (bicyclic) bond motifs is 1. The lowest BCUT2D eigenvalue weighted by Gasteiger charge is -2.14. The van der Waals surface area contributed by atoms with Crippen molar-refractivity contribution in [3.8, 4) is 5.75 Å². The number of hydrogen-bond acceptors (Lipinski definition) is 6. The zero-order chi connectivity index (χ0) is 22.3. The van der Waals surface area contributed by atoms with Crippen LogP contribution >= 0.6 is 0 Å². The number of anilines is 2. The first-order chi connectivity index (χ1) is 15.6. The zero-order valence-electron chi connectivity index (χ0n) is 17.9.